The van der Waals surface area contributed by atoms with E-state index in [-0.39, 0.29) is 17.0 Å². The van der Waals surface area contributed by atoms with Crippen LogP contribution in [0.2, 0.25) is 0 Å². The van der Waals surface area contributed by atoms with Crippen molar-refractivity contribution in [3.05, 3.63) is 46.5 Å². The Morgan fingerprint density at radius 1 is 1.19 bits per heavy atom. The van der Waals surface area contributed by atoms with E-state index >= 15 is 0 Å². The average molecular weight is 417 g/mol. The molecule has 9 nitrogen and oxygen atoms in total. The van der Waals surface area contributed by atoms with Crippen LogP contribution in [-0.4, -0.2) is 66.2 Å². The van der Waals surface area contributed by atoms with Gasteiger partial charge in [0.15, 0.2) is 5.75 Å². The molecule has 0 unspecified atom stereocenters. The van der Waals surface area contributed by atoms with Crippen LogP contribution in [0, 0.1) is 0 Å². The second kappa shape index (κ2) is 7.30. The van der Waals surface area contributed by atoms with Gasteiger partial charge in [-0.3, -0.25) is 4.79 Å². The maximum Gasteiger partial charge on any atom is 0.341 e. The average Bonchev–Trinajstić information content (AvgIpc) is 2.78. The molecule has 0 aliphatic carbocycles. The fraction of sp³-hybridized carbons (Fsp3) is 0.333. The summed E-state index contributed by atoms with van der Waals surface area (Å²) in [7, 11) is 6.39. The van der Waals surface area contributed by atoms with Crippen LogP contribution < -0.4 is 25.4 Å². The fourth-order valence-electron chi connectivity index (χ4n) is 4.33. The van der Waals surface area contributed by atoms with E-state index in [9.17, 15) is 14.7 Å². The number of hydrogen-bond acceptors (Lipinski definition) is 7. The molecule has 31 heavy (non-hydrogen) atoms. The van der Waals surface area contributed by atoms with Crippen LogP contribution in [0.15, 0.2) is 35.5 Å². The molecule has 3 aromatic rings. The minimum atomic E-state index is -1.25. The molecule has 1 N–H and O–H groups in total. The number of carbonyl (C=O) groups is 1. The highest BCUT2D eigenvalue weighted by atomic mass is 16.5. The van der Waals surface area contributed by atoms with E-state index in [0.717, 1.165) is 5.69 Å². The zero-order valence-electron chi connectivity index (χ0n) is 17.0. The van der Waals surface area contributed by atoms with Crippen molar-refractivity contribution in [3.63, 3.8) is 0 Å². The summed E-state index contributed by atoms with van der Waals surface area (Å²) in [5, 5.41) is 9.73. The maximum absolute atomic E-state index is 12.8. The molecule has 2 radical (unpaired) electrons. The van der Waals surface area contributed by atoms with Crippen molar-refractivity contribution in [2.45, 2.75) is 13.0 Å². The van der Waals surface area contributed by atoms with E-state index in [4.69, 9.17) is 12.6 Å². The van der Waals surface area contributed by atoms with Crippen molar-refractivity contribution in [2.24, 2.45) is 0 Å². The van der Waals surface area contributed by atoms with Gasteiger partial charge in [-0.1, -0.05) is 11.5 Å². The van der Waals surface area contributed by atoms with Crippen LogP contribution in [-0.2, 0) is 0 Å². The van der Waals surface area contributed by atoms with Crippen molar-refractivity contribution in [3.8, 4) is 5.75 Å². The predicted molar refractivity (Wildman–Crippen MR) is 117 cm³/mol. The van der Waals surface area contributed by atoms with E-state index in [1.807, 2.05) is 11.5 Å². The summed E-state index contributed by atoms with van der Waals surface area (Å²) in [5.41, 5.74) is 0.904. The van der Waals surface area contributed by atoms with E-state index in [2.05, 4.69) is 19.8 Å². The molecule has 4 heterocycles. The van der Waals surface area contributed by atoms with Crippen molar-refractivity contribution >= 4 is 41.8 Å². The molecule has 0 amide bonds. The third-order valence-electron chi connectivity index (χ3n) is 5.88. The Bertz CT molecular complexity index is 1240. The van der Waals surface area contributed by atoms with Gasteiger partial charge in [-0.2, -0.15) is 0 Å². The van der Waals surface area contributed by atoms with Gasteiger partial charge in [0.2, 0.25) is 11.4 Å². The summed E-state index contributed by atoms with van der Waals surface area (Å²) in [6.45, 7) is 5.06. The van der Waals surface area contributed by atoms with Crippen molar-refractivity contribution in [1.29, 1.82) is 0 Å². The number of carboxylic acid groups (broad SMARTS) is 1. The number of nitrogens with zero attached hydrogens (tertiary/aromatic N) is 5. The lowest BCUT2D eigenvalue weighted by Crippen LogP contribution is -2.48. The molecule has 5 rings (SSSR count). The molecule has 2 aliphatic heterocycles. The van der Waals surface area contributed by atoms with Crippen LogP contribution in [0.5, 0.6) is 5.75 Å². The maximum atomic E-state index is 12.8. The summed E-state index contributed by atoms with van der Waals surface area (Å²) >= 11 is 0. The van der Waals surface area contributed by atoms with Crippen molar-refractivity contribution < 1.29 is 14.6 Å². The van der Waals surface area contributed by atoms with Gasteiger partial charge in [0.1, 0.15) is 20.0 Å². The Kier molecular flexibility index (Phi) is 4.57. The highest BCUT2D eigenvalue weighted by Crippen LogP contribution is 2.38. The van der Waals surface area contributed by atoms with Gasteiger partial charge in [-0.25, -0.2) is 14.8 Å². The molecular formula is C21H20BN5O4. The van der Waals surface area contributed by atoms with Crippen LogP contribution in [0.3, 0.4) is 0 Å². The van der Waals surface area contributed by atoms with Gasteiger partial charge in [-0.05, 0) is 13.0 Å². The van der Waals surface area contributed by atoms with Crippen molar-refractivity contribution in [2.75, 3.05) is 42.6 Å². The number of aromatic carboxylic acids is 1. The first-order valence-corrected chi connectivity index (χ1v) is 10.1. The number of hydrogen-bond donors (Lipinski definition) is 1. The molecule has 1 atom stereocenters. The minimum Gasteiger partial charge on any atom is -0.487 e. The second-order valence-corrected chi connectivity index (χ2v) is 7.81. The number of pyridine rings is 1. The Hall–Kier alpha value is -3.56. The highest BCUT2D eigenvalue weighted by molar-refractivity contribution is 6.38. The number of anilines is 2. The molecule has 0 spiro atoms. The molecule has 2 aromatic heterocycles. The van der Waals surface area contributed by atoms with Gasteiger partial charge < -0.3 is 24.2 Å². The van der Waals surface area contributed by atoms with E-state index in [1.165, 1.54) is 6.20 Å². The van der Waals surface area contributed by atoms with E-state index < -0.39 is 11.4 Å². The van der Waals surface area contributed by atoms with Gasteiger partial charge in [-0.15, -0.1) is 0 Å². The third-order valence-corrected chi connectivity index (χ3v) is 5.88. The molecule has 10 heteroatoms. The van der Waals surface area contributed by atoms with E-state index in [0.29, 0.717) is 55.5 Å². The largest absolute Gasteiger partial charge is 0.487 e. The van der Waals surface area contributed by atoms with Gasteiger partial charge in [0.05, 0.1) is 17.2 Å². The molecule has 1 aromatic carbocycles. The van der Waals surface area contributed by atoms with Gasteiger partial charge in [0, 0.05) is 50.2 Å². The Morgan fingerprint density at radius 3 is 2.55 bits per heavy atom. The Morgan fingerprint density at radius 2 is 1.87 bits per heavy atom. The number of carboxylic acids is 1. The SMILES string of the molecule is [B]c1cc2c(=O)c(C(=O)O)cn3c2c(c1N1CCN(c2ncccn2)CC1)OC[C@@H]3C. The summed E-state index contributed by atoms with van der Waals surface area (Å²) in [6, 6.07) is 3.25. The lowest BCUT2D eigenvalue weighted by atomic mass is 9.89. The number of rotatable bonds is 3. The first-order valence-electron chi connectivity index (χ1n) is 10.1. The normalized spacial score (nSPS) is 18.2. The van der Waals surface area contributed by atoms with E-state index in [1.54, 1.807) is 24.5 Å². The first-order chi connectivity index (χ1) is 15.0. The highest BCUT2D eigenvalue weighted by Gasteiger charge is 2.30. The molecule has 156 valence electrons. The standard InChI is InChI=1S/C21H20BN5O4/c1-12-11-31-19-16-13(18(28)14(20(29)30)10-27(12)16)9-15(22)17(19)25-5-7-26(8-6-25)21-23-3-2-4-24-21/h2-4,9-10,12H,5-8,11H2,1H3,(H,29,30)/t12-/m0/s1. The number of ether oxygens (including phenoxy) is 1. The fourth-order valence-corrected chi connectivity index (χ4v) is 4.33. The second-order valence-electron chi connectivity index (χ2n) is 7.81. The predicted octanol–water partition coefficient (Wildman–Crippen LogP) is 0.563. The first kappa shape index (κ1) is 19.4. The Balaban J connectivity index is 1.58. The van der Waals surface area contributed by atoms with Crippen molar-refractivity contribution in [1.82, 2.24) is 14.5 Å². The smallest absolute Gasteiger partial charge is 0.341 e. The minimum absolute atomic E-state index is 0.114. The zero-order chi connectivity index (χ0) is 21.7. The molecule has 1 saturated heterocycles. The quantitative estimate of drug-likeness (QED) is 0.618. The summed E-state index contributed by atoms with van der Waals surface area (Å²) < 4.78 is 7.89. The van der Waals surface area contributed by atoms with Crippen LogP contribution in [0.4, 0.5) is 11.6 Å². The molecule has 1 fully saturated rings. The lowest BCUT2D eigenvalue weighted by Gasteiger charge is -2.39. The molecule has 0 bridgehead atoms. The summed E-state index contributed by atoms with van der Waals surface area (Å²) in [4.78, 5) is 37.3. The number of benzene rings is 1. The monoisotopic (exact) mass is 417 g/mol. The van der Waals surface area contributed by atoms with Crippen LogP contribution in [0.25, 0.3) is 10.9 Å². The topological polar surface area (TPSA) is 101 Å². The number of aromatic nitrogens is 3. The van der Waals surface area contributed by atoms with Gasteiger partial charge >= 0.3 is 5.97 Å². The summed E-state index contributed by atoms with van der Waals surface area (Å²) in [5.74, 6) is -0.0283. The van der Waals surface area contributed by atoms with Gasteiger partial charge in [0.25, 0.3) is 0 Å². The number of piperazine rings is 1. The third kappa shape index (κ3) is 3.10. The Labute approximate surface area is 179 Å². The zero-order valence-corrected chi connectivity index (χ0v) is 17.0. The summed E-state index contributed by atoms with van der Waals surface area (Å²) in [6.07, 6.45) is 4.86. The molecule has 2 aliphatic rings. The lowest BCUT2D eigenvalue weighted by molar-refractivity contribution is 0.0694. The van der Waals surface area contributed by atoms with Crippen LogP contribution >= 0.6 is 0 Å². The molecule has 0 saturated carbocycles. The molecular weight excluding hydrogens is 397 g/mol. The van der Waals surface area contributed by atoms with Crippen LogP contribution in [0.1, 0.15) is 23.3 Å².